The van der Waals surface area contributed by atoms with Gasteiger partial charge in [0.1, 0.15) is 0 Å². The van der Waals surface area contributed by atoms with Gasteiger partial charge in [0.15, 0.2) is 6.29 Å². The summed E-state index contributed by atoms with van der Waals surface area (Å²) in [5.74, 6) is 0. The molecule has 0 bridgehead atoms. The lowest BCUT2D eigenvalue weighted by Gasteiger charge is -2.05. The fourth-order valence-corrected chi connectivity index (χ4v) is 3.70. The summed E-state index contributed by atoms with van der Waals surface area (Å²) in [5.41, 5.74) is 5.77. The van der Waals surface area contributed by atoms with Crippen LogP contribution in [0.2, 0.25) is 0 Å². The fourth-order valence-electron chi connectivity index (χ4n) is 2.62. The molecule has 0 aliphatic rings. The zero-order chi connectivity index (χ0) is 15.5. The third kappa shape index (κ3) is 3.02. The molecular formula is C20H18OS. The van der Waals surface area contributed by atoms with Crippen LogP contribution >= 0.6 is 11.3 Å². The van der Waals surface area contributed by atoms with Crippen molar-refractivity contribution in [2.75, 3.05) is 0 Å². The zero-order valence-corrected chi connectivity index (χ0v) is 13.6. The molecule has 0 N–H and O–H groups in total. The number of aryl methyl sites for hydroxylation is 2. The molecule has 0 amide bonds. The first-order valence-corrected chi connectivity index (χ1v) is 8.18. The van der Waals surface area contributed by atoms with Gasteiger partial charge in [-0.1, -0.05) is 48.0 Å². The van der Waals surface area contributed by atoms with E-state index in [0.717, 1.165) is 28.7 Å². The molecule has 0 aliphatic heterocycles. The molecule has 110 valence electrons. The number of carbonyl (C=O) groups excluding carboxylic acids is 1. The van der Waals surface area contributed by atoms with Crippen molar-refractivity contribution in [3.63, 3.8) is 0 Å². The highest BCUT2D eigenvalue weighted by Gasteiger charge is 2.08. The molecule has 2 heteroatoms. The maximum absolute atomic E-state index is 11.2. The second kappa shape index (κ2) is 6.29. The summed E-state index contributed by atoms with van der Waals surface area (Å²) < 4.78 is 0. The number of rotatable bonds is 4. The molecular weight excluding hydrogens is 288 g/mol. The van der Waals surface area contributed by atoms with Gasteiger partial charge in [0.05, 0.1) is 0 Å². The van der Waals surface area contributed by atoms with Gasteiger partial charge >= 0.3 is 0 Å². The van der Waals surface area contributed by atoms with Crippen molar-refractivity contribution >= 4 is 17.6 Å². The minimum Gasteiger partial charge on any atom is -0.298 e. The van der Waals surface area contributed by atoms with E-state index in [-0.39, 0.29) is 0 Å². The zero-order valence-electron chi connectivity index (χ0n) is 12.8. The molecule has 22 heavy (non-hydrogen) atoms. The van der Waals surface area contributed by atoms with Crippen LogP contribution in [0.5, 0.6) is 0 Å². The van der Waals surface area contributed by atoms with E-state index in [1.807, 2.05) is 24.3 Å². The smallest absolute Gasteiger partial charge is 0.150 e. The number of hydrogen-bond donors (Lipinski definition) is 0. The Kier molecular flexibility index (Phi) is 4.21. The number of benzene rings is 2. The summed E-state index contributed by atoms with van der Waals surface area (Å²) in [7, 11) is 0. The van der Waals surface area contributed by atoms with Gasteiger partial charge in [0.2, 0.25) is 0 Å². The highest BCUT2D eigenvalue weighted by atomic mass is 32.1. The van der Waals surface area contributed by atoms with E-state index in [4.69, 9.17) is 0 Å². The van der Waals surface area contributed by atoms with Crippen LogP contribution in [0.15, 0.2) is 54.6 Å². The quantitative estimate of drug-likeness (QED) is 0.587. The first-order valence-electron chi connectivity index (χ1n) is 7.37. The Balaban J connectivity index is 1.91. The lowest BCUT2D eigenvalue weighted by atomic mass is 10.0. The first kappa shape index (κ1) is 14.7. The SMILES string of the molecule is Cc1ccc(C)c(Cc2ccc(-c3ccccc3C=O)s2)c1. The van der Waals surface area contributed by atoms with E-state index in [2.05, 4.69) is 44.2 Å². The third-order valence-electron chi connectivity index (χ3n) is 3.88. The van der Waals surface area contributed by atoms with Crippen molar-refractivity contribution in [2.45, 2.75) is 20.3 Å². The molecule has 0 aliphatic carbocycles. The van der Waals surface area contributed by atoms with E-state index in [1.165, 1.54) is 21.6 Å². The second-order valence-electron chi connectivity index (χ2n) is 5.58. The molecule has 1 nitrogen and oxygen atoms in total. The molecule has 2 aromatic carbocycles. The van der Waals surface area contributed by atoms with Crippen molar-refractivity contribution in [2.24, 2.45) is 0 Å². The van der Waals surface area contributed by atoms with Gasteiger partial charge in [-0.2, -0.15) is 0 Å². The molecule has 1 heterocycles. The second-order valence-corrected chi connectivity index (χ2v) is 6.75. The van der Waals surface area contributed by atoms with E-state index in [9.17, 15) is 4.79 Å². The summed E-state index contributed by atoms with van der Waals surface area (Å²) in [6.07, 6.45) is 1.88. The molecule has 0 spiro atoms. The largest absolute Gasteiger partial charge is 0.298 e. The van der Waals surface area contributed by atoms with Gasteiger partial charge in [-0.25, -0.2) is 0 Å². The minimum absolute atomic E-state index is 0.752. The van der Waals surface area contributed by atoms with E-state index in [0.29, 0.717) is 0 Å². The normalized spacial score (nSPS) is 10.6. The summed E-state index contributed by atoms with van der Waals surface area (Å²) in [4.78, 5) is 13.7. The van der Waals surface area contributed by atoms with Gasteiger partial charge < -0.3 is 0 Å². The van der Waals surface area contributed by atoms with Crippen molar-refractivity contribution < 1.29 is 4.79 Å². The molecule has 0 atom stereocenters. The van der Waals surface area contributed by atoms with Crippen LogP contribution in [0.4, 0.5) is 0 Å². The van der Waals surface area contributed by atoms with Crippen LogP contribution in [0.1, 0.15) is 31.9 Å². The van der Waals surface area contributed by atoms with Gasteiger partial charge in [-0.3, -0.25) is 4.79 Å². The lowest BCUT2D eigenvalue weighted by molar-refractivity contribution is 0.112. The molecule has 1 aromatic heterocycles. The minimum atomic E-state index is 0.752. The summed E-state index contributed by atoms with van der Waals surface area (Å²) in [5, 5.41) is 0. The summed E-state index contributed by atoms with van der Waals surface area (Å²) in [6.45, 7) is 4.29. The summed E-state index contributed by atoms with van der Waals surface area (Å²) >= 11 is 1.77. The van der Waals surface area contributed by atoms with Crippen LogP contribution < -0.4 is 0 Å². The molecule has 3 rings (SSSR count). The van der Waals surface area contributed by atoms with Crippen molar-refractivity contribution in [3.05, 3.63) is 81.7 Å². The van der Waals surface area contributed by atoms with Gasteiger partial charge in [0, 0.05) is 27.3 Å². The predicted molar refractivity (Wildman–Crippen MR) is 93.9 cm³/mol. The van der Waals surface area contributed by atoms with Crippen LogP contribution in [0, 0.1) is 13.8 Å². The highest BCUT2D eigenvalue weighted by Crippen LogP contribution is 2.31. The van der Waals surface area contributed by atoms with Crippen LogP contribution in [0.25, 0.3) is 10.4 Å². The molecule has 3 aromatic rings. The topological polar surface area (TPSA) is 17.1 Å². The Morgan fingerprint density at radius 2 is 1.82 bits per heavy atom. The Morgan fingerprint density at radius 1 is 1.00 bits per heavy atom. The van der Waals surface area contributed by atoms with Gasteiger partial charge in [0.25, 0.3) is 0 Å². The number of hydrogen-bond acceptors (Lipinski definition) is 2. The average molecular weight is 306 g/mol. The predicted octanol–water partition coefficient (Wildman–Crippen LogP) is 5.44. The average Bonchev–Trinajstić information content (AvgIpc) is 2.99. The third-order valence-corrected chi connectivity index (χ3v) is 5.00. The van der Waals surface area contributed by atoms with E-state index < -0.39 is 0 Å². The number of thiophene rings is 1. The van der Waals surface area contributed by atoms with Crippen molar-refractivity contribution in [1.29, 1.82) is 0 Å². The van der Waals surface area contributed by atoms with Crippen molar-refractivity contribution in [1.82, 2.24) is 0 Å². The number of aldehydes is 1. The highest BCUT2D eigenvalue weighted by molar-refractivity contribution is 7.15. The molecule has 0 unspecified atom stereocenters. The Bertz CT molecular complexity index is 814. The monoisotopic (exact) mass is 306 g/mol. The van der Waals surface area contributed by atoms with Crippen LogP contribution in [-0.4, -0.2) is 6.29 Å². The molecule has 0 saturated carbocycles. The lowest BCUT2D eigenvalue weighted by Crippen LogP contribution is -1.90. The first-order chi connectivity index (χ1) is 10.7. The van der Waals surface area contributed by atoms with E-state index >= 15 is 0 Å². The standard InChI is InChI=1S/C20H18OS/c1-14-7-8-15(2)17(11-14)12-18-9-10-20(22-18)19-6-4-3-5-16(19)13-21/h3-11,13H,12H2,1-2H3. The van der Waals surface area contributed by atoms with Gasteiger partial charge in [-0.15, -0.1) is 11.3 Å². The molecule has 0 fully saturated rings. The number of carbonyl (C=O) groups is 1. The molecule has 0 radical (unpaired) electrons. The summed E-state index contributed by atoms with van der Waals surface area (Å²) in [6, 6.07) is 18.6. The Labute approximate surface area is 135 Å². The maximum atomic E-state index is 11.2. The van der Waals surface area contributed by atoms with Crippen molar-refractivity contribution in [3.8, 4) is 10.4 Å². The van der Waals surface area contributed by atoms with Gasteiger partial charge in [-0.05, 0) is 37.1 Å². The molecule has 0 saturated heterocycles. The Morgan fingerprint density at radius 3 is 2.64 bits per heavy atom. The van der Waals surface area contributed by atoms with Crippen LogP contribution in [-0.2, 0) is 6.42 Å². The maximum Gasteiger partial charge on any atom is 0.150 e. The van der Waals surface area contributed by atoms with Crippen LogP contribution in [0.3, 0.4) is 0 Å². The fraction of sp³-hybridized carbons (Fsp3) is 0.150. The van der Waals surface area contributed by atoms with E-state index in [1.54, 1.807) is 11.3 Å². The Hall–Kier alpha value is -2.19.